The van der Waals surface area contributed by atoms with Gasteiger partial charge in [0.25, 0.3) is 12.2 Å². The lowest BCUT2D eigenvalue weighted by atomic mass is 9.88. The van der Waals surface area contributed by atoms with Gasteiger partial charge in [0.15, 0.2) is 0 Å². The Bertz CT molecular complexity index is 1550. The summed E-state index contributed by atoms with van der Waals surface area (Å²) in [4.78, 5) is 59.8. The van der Waals surface area contributed by atoms with E-state index in [9.17, 15) is 71.5 Å². The van der Waals surface area contributed by atoms with Crippen LogP contribution in [0, 0.1) is 0 Å². The number of carbonyl (C=O) groups excluding carboxylic acids is 4. The average molecular weight is 935 g/mol. The maximum absolute atomic E-state index is 12.8. The average Bonchev–Trinajstić information content (AvgIpc) is 3.25. The maximum atomic E-state index is 12.8. The van der Waals surface area contributed by atoms with E-state index in [1.54, 1.807) is 5.32 Å². The second-order valence-electron chi connectivity index (χ2n) is 14.3. The van der Waals surface area contributed by atoms with Crippen molar-refractivity contribution in [3.8, 4) is 0 Å². The smallest absolute Gasteiger partial charge is 0.471 e. The Morgan fingerprint density at radius 1 is 0.766 bits per heavy atom. The molecule has 0 bridgehead atoms. The number of ether oxygens (including phenoxy) is 6. The van der Waals surface area contributed by atoms with E-state index in [0.29, 0.717) is 37.8 Å². The molecule has 2 rings (SSSR count). The van der Waals surface area contributed by atoms with Crippen LogP contribution < -0.4 is 21.3 Å². The first-order valence-corrected chi connectivity index (χ1v) is 20.5. The van der Waals surface area contributed by atoms with Crippen LogP contribution >= 0.6 is 0 Å². The Morgan fingerprint density at radius 3 is 1.94 bits per heavy atom. The fourth-order valence-electron chi connectivity index (χ4n) is 5.93. The van der Waals surface area contributed by atoms with E-state index in [-0.39, 0.29) is 90.3 Å². The highest BCUT2D eigenvalue weighted by Crippen LogP contribution is 2.34. The van der Waals surface area contributed by atoms with Gasteiger partial charge in [-0.3, -0.25) is 19.2 Å². The number of unbranched alkanes of at least 4 members (excludes halogenated alkanes) is 3. The van der Waals surface area contributed by atoms with Crippen molar-refractivity contribution in [3.63, 3.8) is 0 Å². The molecule has 0 spiro atoms. The summed E-state index contributed by atoms with van der Waals surface area (Å²) in [5, 5.41) is 61.2. The molecular formula is C39H59F5N4O16. The molecule has 1 aliphatic rings. The predicted molar refractivity (Wildman–Crippen MR) is 209 cm³/mol. The number of halogens is 5. The SMILES string of the molecule is O=C(CCOCCOCCOCCOCCNC(=O)C(F)(F)F)NCCCCCCO[C@]1(C(=O)O)C[C@H](O)[C@@H](NC(=O)CO)[C@H]([C@H](O)[C@H](O)CNC(=O)Cc2ccc(C(F)F)cc2)O1. The van der Waals surface area contributed by atoms with Gasteiger partial charge < -0.3 is 75.2 Å². The zero-order valence-electron chi connectivity index (χ0n) is 35.0. The van der Waals surface area contributed by atoms with E-state index in [0.717, 1.165) is 12.1 Å². The van der Waals surface area contributed by atoms with Crippen LogP contribution in [0.3, 0.4) is 0 Å². The largest absolute Gasteiger partial charge is 0.477 e. The van der Waals surface area contributed by atoms with Crippen molar-refractivity contribution < 1.29 is 99.9 Å². The lowest BCUT2D eigenvalue weighted by Crippen LogP contribution is -2.68. The van der Waals surface area contributed by atoms with Gasteiger partial charge in [-0.1, -0.05) is 37.1 Å². The Kier molecular flexibility index (Phi) is 26.3. The molecule has 1 heterocycles. The quantitative estimate of drug-likeness (QED) is 0.0309. The molecule has 20 nitrogen and oxygen atoms in total. The number of hydrogen-bond donors (Lipinski definition) is 9. The number of benzene rings is 1. The van der Waals surface area contributed by atoms with Crippen molar-refractivity contribution in [2.45, 2.75) is 93.8 Å². The Morgan fingerprint density at radius 2 is 1.36 bits per heavy atom. The highest BCUT2D eigenvalue weighted by atomic mass is 19.4. The van der Waals surface area contributed by atoms with Gasteiger partial charge in [-0.05, 0) is 18.4 Å². The number of rotatable bonds is 33. The molecule has 1 aromatic rings. The molecule has 9 N–H and O–H groups in total. The van der Waals surface area contributed by atoms with Gasteiger partial charge in [0.2, 0.25) is 17.7 Å². The number of aliphatic hydroxyl groups is 4. The summed E-state index contributed by atoms with van der Waals surface area (Å²) < 4.78 is 94.1. The zero-order chi connectivity index (χ0) is 47.5. The van der Waals surface area contributed by atoms with Crippen LogP contribution in [-0.4, -0.2) is 183 Å². The molecule has 0 aliphatic carbocycles. The zero-order valence-corrected chi connectivity index (χ0v) is 35.0. The van der Waals surface area contributed by atoms with Gasteiger partial charge in [-0.2, -0.15) is 13.2 Å². The summed E-state index contributed by atoms with van der Waals surface area (Å²) in [5.41, 5.74) is 0.141. The molecule has 1 aromatic carbocycles. The summed E-state index contributed by atoms with van der Waals surface area (Å²) in [6.07, 6.45) is -13.9. The molecule has 366 valence electrons. The molecule has 6 atom stereocenters. The fraction of sp³-hybridized carbons (Fsp3) is 0.718. The predicted octanol–water partition coefficient (Wildman–Crippen LogP) is -0.759. The van der Waals surface area contributed by atoms with Crippen LogP contribution in [0.25, 0.3) is 0 Å². The molecule has 0 radical (unpaired) electrons. The van der Waals surface area contributed by atoms with Crippen LogP contribution in [0.2, 0.25) is 0 Å². The minimum Gasteiger partial charge on any atom is -0.477 e. The van der Waals surface area contributed by atoms with Crippen molar-refractivity contribution in [1.29, 1.82) is 0 Å². The minimum absolute atomic E-state index is 0.103. The van der Waals surface area contributed by atoms with Crippen LogP contribution in [0.5, 0.6) is 0 Å². The van der Waals surface area contributed by atoms with Crippen LogP contribution in [0.15, 0.2) is 24.3 Å². The van der Waals surface area contributed by atoms with Crippen LogP contribution in [0.4, 0.5) is 22.0 Å². The summed E-state index contributed by atoms with van der Waals surface area (Å²) in [7, 11) is 0. The molecule has 0 saturated carbocycles. The first-order chi connectivity index (χ1) is 30.4. The van der Waals surface area contributed by atoms with E-state index in [4.69, 9.17) is 28.4 Å². The number of nitrogens with one attached hydrogen (secondary N) is 4. The van der Waals surface area contributed by atoms with E-state index in [1.165, 1.54) is 12.1 Å². The first-order valence-electron chi connectivity index (χ1n) is 20.5. The lowest BCUT2D eigenvalue weighted by molar-refractivity contribution is -0.310. The maximum Gasteiger partial charge on any atom is 0.471 e. The van der Waals surface area contributed by atoms with E-state index in [1.807, 2.05) is 0 Å². The van der Waals surface area contributed by atoms with Gasteiger partial charge in [-0.15, -0.1) is 0 Å². The number of alkyl halides is 5. The highest BCUT2D eigenvalue weighted by Gasteiger charge is 2.55. The second kappa shape index (κ2) is 30.1. The van der Waals surface area contributed by atoms with Crippen molar-refractivity contribution in [3.05, 3.63) is 35.4 Å². The molecule has 4 amide bonds. The number of hydrogen-bond acceptors (Lipinski definition) is 15. The Labute approximate surface area is 365 Å². The van der Waals surface area contributed by atoms with Gasteiger partial charge >= 0.3 is 18.1 Å². The molecule has 0 aromatic heterocycles. The van der Waals surface area contributed by atoms with Crippen LogP contribution in [-0.2, 0) is 58.8 Å². The molecular weight excluding hydrogens is 875 g/mol. The molecule has 64 heavy (non-hydrogen) atoms. The minimum atomic E-state index is -4.94. The number of carbonyl (C=O) groups is 5. The molecule has 0 unspecified atom stereocenters. The van der Waals surface area contributed by atoms with Gasteiger partial charge in [0, 0.05) is 38.0 Å². The third-order valence-corrected chi connectivity index (χ3v) is 9.31. The monoisotopic (exact) mass is 934 g/mol. The molecule has 1 saturated heterocycles. The standard InChI is InChI=1S/C39H59F5N4O16/c40-35(41)26-7-5-25(6-8-26)21-30(53)47-23-28(51)33(55)34-32(48-31(54)24-49)27(50)22-38(64-34,37(57)58)63-12-4-2-1-3-10-45-29(52)9-13-59-15-17-61-19-20-62-18-16-60-14-11-46-36(56)39(42,43)44/h5-8,27-28,32-35,49-51,55H,1-4,9-24H2,(H,45,52)(H,46,56)(H,47,53)(H,48,54)(H,57,58)/t27-,28+,32+,33+,34+,38+/m0/s1. The Balaban J connectivity index is 1.64. The van der Waals surface area contributed by atoms with Crippen LogP contribution in [0.1, 0.15) is 56.1 Å². The van der Waals surface area contributed by atoms with Crippen molar-refractivity contribution in [1.82, 2.24) is 21.3 Å². The fourth-order valence-corrected chi connectivity index (χ4v) is 5.93. The van der Waals surface area contributed by atoms with E-state index >= 15 is 0 Å². The normalized spacial score (nSPS) is 19.8. The third-order valence-electron chi connectivity index (χ3n) is 9.31. The molecule has 25 heteroatoms. The summed E-state index contributed by atoms with van der Waals surface area (Å²) >= 11 is 0. The van der Waals surface area contributed by atoms with Crippen molar-refractivity contribution in [2.24, 2.45) is 0 Å². The number of carboxylic acid groups (broad SMARTS) is 1. The van der Waals surface area contributed by atoms with E-state index in [2.05, 4.69) is 16.0 Å². The molecule has 1 aliphatic heterocycles. The number of aliphatic hydroxyl groups excluding tert-OH is 4. The number of amides is 4. The molecule has 1 fully saturated rings. The van der Waals surface area contributed by atoms with E-state index < -0.39 is 92.1 Å². The third kappa shape index (κ3) is 21.7. The van der Waals surface area contributed by atoms with Crippen molar-refractivity contribution in [2.75, 3.05) is 85.7 Å². The highest BCUT2D eigenvalue weighted by molar-refractivity contribution is 5.81. The second-order valence-corrected chi connectivity index (χ2v) is 14.3. The topological polar surface area (TPSA) is 290 Å². The van der Waals surface area contributed by atoms with Gasteiger partial charge in [0.05, 0.1) is 84.1 Å². The lowest BCUT2D eigenvalue weighted by Gasteiger charge is -2.46. The van der Waals surface area contributed by atoms with Gasteiger partial charge in [-0.25, -0.2) is 13.6 Å². The number of aliphatic carboxylic acids is 1. The van der Waals surface area contributed by atoms with Crippen molar-refractivity contribution >= 4 is 29.6 Å². The first kappa shape index (κ1) is 56.0. The summed E-state index contributed by atoms with van der Waals surface area (Å²) in [6.45, 7) is -0.458. The summed E-state index contributed by atoms with van der Waals surface area (Å²) in [6, 6.07) is 3.43. The summed E-state index contributed by atoms with van der Waals surface area (Å²) in [5.74, 6) is -8.15. The number of carboxylic acids is 1. The Hall–Kier alpha value is -4.18. The van der Waals surface area contributed by atoms with Gasteiger partial charge in [0.1, 0.15) is 18.8 Å².